The molecule has 0 saturated heterocycles. The third-order valence-electron chi connectivity index (χ3n) is 2.19. The Morgan fingerprint density at radius 3 is 2.38 bits per heavy atom. The number of hydrogen-bond donors (Lipinski definition) is 0. The van der Waals surface area contributed by atoms with Crippen LogP contribution in [-0.4, -0.2) is 23.7 Å². The number of halogens is 1. The number of carbonyl (C=O) groups excluding carboxylic acids is 2. The zero-order valence-corrected chi connectivity index (χ0v) is 10.8. The molecule has 0 aliphatic heterocycles. The van der Waals surface area contributed by atoms with E-state index < -0.39 is 10.8 Å². The normalized spacial score (nSPS) is 11.9. The van der Waals surface area contributed by atoms with Gasteiger partial charge in [0.1, 0.15) is 0 Å². The molecule has 0 aliphatic carbocycles. The molecular formula is C12H13BrO3. The predicted molar refractivity (Wildman–Crippen MR) is 64.9 cm³/mol. The van der Waals surface area contributed by atoms with Gasteiger partial charge in [0.25, 0.3) is 0 Å². The van der Waals surface area contributed by atoms with E-state index in [4.69, 9.17) is 0 Å². The smallest absolute Gasteiger partial charge is 0.307 e. The number of ether oxygens (including phenoxy) is 1. The molecule has 0 bridgehead atoms. The summed E-state index contributed by atoms with van der Waals surface area (Å²) in [7, 11) is 1.30. The van der Waals surface area contributed by atoms with Crippen molar-refractivity contribution in [3.63, 3.8) is 0 Å². The molecule has 0 amide bonds. The first-order valence-electron chi connectivity index (χ1n) is 4.86. The summed E-state index contributed by atoms with van der Waals surface area (Å²) in [5.41, 5.74) is 1.69. The van der Waals surface area contributed by atoms with Gasteiger partial charge in [-0.05, 0) is 6.92 Å². The number of rotatable bonds is 4. The van der Waals surface area contributed by atoms with Gasteiger partial charge in [-0.15, -0.1) is 0 Å². The predicted octanol–water partition coefficient (Wildman–Crippen LogP) is 2.50. The van der Waals surface area contributed by atoms with E-state index in [1.807, 2.05) is 19.1 Å². The molecule has 0 saturated carbocycles. The molecule has 0 fully saturated rings. The molecule has 0 spiro atoms. The highest BCUT2D eigenvalue weighted by Crippen LogP contribution is 2.14. The van der Waals surface area contributed by atoms with Crippen LogP contribution in [0.25, 0.3) is 0 Å². The Balaban J connectivity index is 2.70. The van der Waals surface area contributed by atoms with Crippen LogP contribution in [0.2, 0.25) is 0 Å². The minimum atomic E-state index is -0.525. The van der Waals surface area contributed by atoms with Gasteiger partial charge in [-0.25, -0.2) is 0 Å². The minimum absolute atomic E-state index is 0.0449. The first kappa shape index (κ1) is 12.9. The van der Waals surface area contributed by atoms with Gasteiger partial charge in [-0.2, -0.15) is 0 Å². The van der Waals surface area contributed by atoms with E-state index in [1.165, 1.54) is 7.11 Å². The monoisotopic (exact) mass is 284 g/mol. The average molecular weight is 285 g/mol. The minimum Gasteiger partial charge on any atom is -0.469 e. The van der Waals surface area contributed by atoms with Gasteiger partial charge in [0.05, 0.1) is 18.4 Å². The molecule has 3 nitrogen and oxygen atoms in total. The number of carbonyl (C=O) groups is 2. The number of benzene rings is 1. The fraction of sp³-hybridized carbons (Fsp3) is 0.333. The van der Waals surface area contributed by atoms with Crippen molar-refractivity contribution < 1.29 is 14.3 Å². The maximum atomic E-state index is 11.9. The topological polar surface area (TPSA) is 43.4 Å². The lowest BCUT2D eigenvalue weighted by Crippen LogP contribution is -2.19. The van der Waals surface area contributed by atoms with E-state index in [9.17, 15) is 9.59 Å². The Labute approximate surface area is 103 Å². The Hall–Kier alpha value is -1.16. The van der Waals surface area contributed by atoms with Crippen LogP contribution in [0.1, 0.15) is 22.3 Å². The molecule has 1 aromatic rings. The van der Waals surface area contributed by atoms with Gasteiger partial charge in [-0.1, -0.05) is 45.8 Å². The SMILES string of the molecule is COC(=O)CC(Br)C(=O)c1ccc(C)cc1. The van der Waals surface area contributed by atoms with E-state index in [1.54, 1.807) is 12.1 Å². The Kier molecular flexibility index (Phi) is 4.68. The van der Waals surface area contributed by atoms with Crippen LogP contribution in [0.4, 0.5) is 0 Å². The Bertz CT molecular complexity index is 384. The molecule has 0 heterocycles. The number of hydrogen-bond acceptors (Lipinski definition) is 3. The first-order chi connectivity index (χ1) is 7.54. The highest BCUT2D eigenvalue weighted by atomic mass is 79.9. The van der Waals surface area contributed by atoms with Crippen molar-refractivity contribution in [3.05, 3.63) is 35.4 Å². The van der Waals surface area contributed by atoms with E-state index in [0.29, 0.717) is 5.56 Å². The van der Waals surface area contributed by atoms with E-state index in [-0.39, 0.29) is 12.2 Å². The number of esters is 1. The van der Waals surface area contributed by atoms with Gasteiger partial charge in [0.15, 0.2) is 5.78 Å². The molecule has 4 heteroatoms. The van der Waals surface area contributed by atoms with Crippen LogP contribution in [0.3, 0.4) is 0 Å². The summed E-state index contributed by atoms with van der Waals surface area (Å²) in [6.07, 6.45) is 0.0449. The van der Waals surface area contributed by atoms with Crippen molar-refractivity contribution in [1.82, 2.24) is 0 Å². The number of methoxy groups -OCH3 is 1. The van der Waals surface area contributed by atoms with Crippen molar-refractivity contribution in [2.45, 2.75) is 18.2 Å². The third kappa shape index (κ3) is 3.45. The summed E-state index contributed by atoms with van der Waals surface area (Å²) in [6.45, 7) is 1.95. The zero-order chi connectivity index (χ0) is 12.1. The maximum Gasteiger partial charge on any atom is 0.307 e. The number of ketones is 1. The van der Waals surface area contributed by atoms with Crippen molar-refractivity contribution in [1.29, 1.82) is 0 Å². The molecule has 0 N–H and O–H groups in total. The van der Waals surface area contributed by atoms with Crippen LogP contribution in [-0.2, 0) is 9.53 Å². The summed E-state index contributed by atoms with van der Waals surface area (Å²) < 4.78 is 4.50. The number of aryl methyl sites for hydroxylation is 1. The van der Waals surface area contributed by atoms with Gasteiger partial charge in [0.2, 0.25) is 0 Å². The van der Waals surface area contributed by atoms with Gasteiger partial charge < -0.3 is 4.74 Å². The summed E-state index contributed by atoms with van der Waals surface area (Å²) in [6, 6.07) is 7.24. The zero-order valence-electron chi connectivity index (χ0n) is 9.20. The maximum absolute atomic E-state index is 11.9. The molecule has 16 heavy (non-hydrogen) atoms. The number of Topliss-reactive ketones (excluding diaryl/α,β-unsaturated/α-hetero) is 1. The largest absolute Gasteiger partial charge is 0.469 e. The summed E-state index contributed by atoms with van der Waals surface area (Å²) >= 11 is 3.19. The van der Waals surface area contributed by atoms with E-state index >= 15 is 0 Å². The van der Waals surface area contributed by atoms with Gasteiger partial charge in [0, 0.05) is 5.56 Å². The molecule has 1 aromatic carbocycles. The second kappa shape index (κ2) is 5.80. The molecule has 86 valence electrons. The molecule has 1 unspecified atom stereocenters. The van der Waals surface area contributed by atoms with Crippen LogP contribution in [0.15, 0.2) is 24.3 Å². The summed E-state index contributed by atoms with van der Waals surface area (Å²) in [5, 5.41) is 0. The van der Waals surface area contributed by atoms with Crippen molar-refractivity contribution in [2.75, 3.05) is 7.11 Å². The molecular weight excluding hydrogens is 272 g/mol. The van der Waals surface area contributed by atoms with Crippen LogP contribution in [0.5, 0.6) is 0 Å². The standard InChI is InChI=1S/C12H13BrO3/c1-8-3-5-9(6-4-8)12(15)10(13)7-11(14)16-2/h3-6,10H,7H2,1-2H3. The van der Waals surface area contributed by atoms with Crippen LogP contribution >= 0.6 is 15.9 Å². The number of alkyl halides is 1. The quantitative estimate of drug-likeness (QED) is 0.485. The molecule has 0 radical (unpaired) electrons. The second-order valence-corrected chi connectivity index (χ2v) is 4.58. The van der Waals surface area contributed by atoms with Crippen molar-refractivity contribution >= 4 is 27.7 Å². The highest BCUT2D eigenvalue weighted by Gasteiger charge is 2.20. The molecule has 0 aliphatic rings. The lowest BCUT2D eigenvalue weighted by atomic mass is 10.1. The van der Waals surface area contributed by atoms with E-state index in [0.717, 1.165) is 5.56 Å². The van der Waals surface area contributed by atoms with Crippen LogP contribution in [0, 0.1) is 6.92 Å². The van der Waals surface area contributed by atoms with Crippen molar-refractivity contribution in [3.8, 4) is 0 Å². The Morgan fingerprint density at radius 1 is 1.31 bits per heavy atom. The summed E-state index contributed by atoms with van der Waals surface area (Å²) in [4.78, 5) is 22.3. The van der Waals surface area contributed by atoms with E-state index in [2.05, 4.69) is 20.7 Å². The van der Waals surface area contributed by atoms with Crippen molar-refractivity contribution in [2.24, 2.45) is 0 Å². The fourth-order valence-electron chi connectivity index (χ4n) is 1.22. The third-order valence-corrected chi connectivity index (χ3v) is 2.93. The van der Waals surface area contributed by atoms with Gasteiger partial charge >= 0.3 is 5.97 Å². The lowest BCUT2D eigenvalue weighted by Gasteiger charge is -2.07. The average Bonchev–Trinajstić information content (AvgIpc) is 2.28. The van der Waals surface area contributed by atoms with Crippen LogP contribution < -0.4 is 0 Å². The lowest BCUT2D eigenvalue weighted by molar-refractivity contribution is -0.140. The van der Waals surface area contributed by atoms with Gasteiger partial charge in [-0.3, -0.25) is 9.59 Å². The first-order valence-corrected chi connectivity index (χ1v) is 5.78. The Morgan fingerprint density at radius 2 is 1.88 bits per heavy atom. The molecule has 0 aromatic heterocycles. The molecule has 1 rings (SSSR count). The fourth-order valence-corrected chi connectivity index (χ4v) is 1.75. The second-order valence-electron chi connectivity index (χ2n) is 3.48. The summed E-state index contributed by atoms with van der Waals surface area (Å²) in [5.74, 6) is -0.507. The molecule has 1 atom stereocenters. The highest BCUT2D eigenvalue weighted by molar-refractivity contribution is 9.10.